The van der Waals surface area contributed by atoms with Gasteiger partial charge < -0.3 is 9.80 Å². The highest BCUT2D eigenvalue weighted by molar-refractivity contribution is 6.31. The summed E-state index contributed by atoms with van der Waals surface area (Å²) in [5, 5.41) is 8.98. The Balaban J connectivity index is 1.45. The number of benzene rings is 2. The summed E-state index contributed by atoms with van der Waals surface area (Å²) in [6.07, 6.45) is 0. The summed E-state index contributed by atoms with van der Waals surface area (Å²) < 4.78 is 1.64. The quantitative estimate of drug-likeness (QED) is 0.582. The Bertz CT molecular complexity index is 1130. The molecule has 160 valence electrons. The van der Waals surface area contributed by atoms with Gasteiger partial charge in [-0.15, -0.1) is 5.10 Å². The number of Topliss-reactive ketones (excluding diaryl/α,β-unsaturated/α-hetero) is 1. The van der Waals surface area contributed by atoms with Gasteiger partial charge in [-0.1, -0.05) is 22.9 Å². The van der Waals surface area contributed by atoms with E-state index < -0.39 is 0 Å². The molecule has 1 fully saturated rings. The lowest BCUT2D eigenvalue weighted by atomic mass is 10.1. The lowest BCUT2D eigenvalue weighted by Gasteiger charge is -2.35. The van der Waals surface area contributed by atoms with E-state index >= 15 is 0 Å². The molecule has 7 nitrogen and oxygen atoms in total. The molecule has 0 atom stereocenters. The second-order valence-electron chi connectivity index (χ2n) is 7.75. The fourth-order valence-corrected chi connectivity index (χ4v) is 3.88. The molecule has 1 aliphatic rings. The minimum absolute atomic E-state index is 0.0540. The molecule has 4 rings (SSSR count). The van der Waals surface area contributed by atoms with Gasteiger partial charge in [0.1, 0.15) is 0 Å². The Morgan fingerprint density at radius 2 is 1.58 bits per heavy atom. The number of hydrogen-bond donors (Lipinski definition) is 0. The van der Waals surface area contributed by atoms with Crippen molar-refractivity contribution in [3.63, 3.8) is 0 Å². The van der Waals surface area contributed by atoms with E-state index in [2.05, 4.69) is 15.2 Å². The predicted molar refractivity (Wildman–Crippen MR) is 120 cm³/mol. The number of aryl methyl sites for hydroxylation is 1. The molecule has 2 aromatic carbocycles. The second kappa shape index (κ2) is 8.51. The maximum absolute atomic E-state index is 13.1. The SMILES string of the molecule is CC(=O)c1ccc(N2CCN(C(=O)c3nnn(-c4ccc(C)c(Cl)c4)c3C)CC2)cc1. The second-order valence-corrected chi connectivity index (χ2v) is 8.16. The van der Waals surface area contributed by atoms with Crippen LogP contribution in [0.15, 0.2) is 42.5 Å². The Morgan fingerprint density at radius 3 is 2.19 bits per heavy atom. The fraction of sp³-hybridized carbons (Fsp3) is 0.304. The van der Waals surface area contributed by atoms with Gasteiger partial charge in [0.05, 0.1) is 11.4 Å². The molecule has 1 aromatic heterocycles. The normalized spacial score (nSPS) is 14.1. The van der Waals surface area contributed by atoms with E-state index in [0.29, 0.717) is 48.2 Å². The van der Waals surface area contributed by atoms with Gasteiger partial charge in [-0.25, -0.2) is 4.68 Å². The van der Waals surface area contributed by atoms with Crippen molar-refractivity contribution in [2.75, 3.05) is 31.1 Å². The molecule has 0 bridgehead atoms. The molecule has 0 spiro atoms. The predicted octanol–water partition coefficient (Wildman–Crippen LogP) is 3.70. The number of anilines is 1. The van der Waals surface area contributed by atoms with Crippen LogP contribution in [-0.4, -0.2) is 57.8 Å². The number of halogens is 1. The molecule has 0 aliphatic carbocycles. The first kappa shape index (κ1) is 21.1. The van der Waals surface area contributed by atoms with Crippen LogP contribution in [-0.2, 0) is 0 Å². The summed E-state index contributed by atoms with van der Waals surface area (Å²) in [6, 6.07) is 13.2. The maximum Gasteiger partial charge on any atom is 0.276 e. The van der Waals surface area contributed by atoms with Gasteiger partial charge in [-0.2, -0.15) is 0 Å². The van der Waals surface area contributed by atoms with E-state index in [1.165, 1.54) is 0 Å². The number of carbonyl (C=O) groups is 2. The summed E-state index contributed by atoms with van der Waals surface area (Å²) in [6.45, 7) is 7.95. The third kappa shape index (κ3) is 4.18. The Hall–Kier alpha value is -3.19. The molecule has 0 unspecified atom stereocenters. The standard InChI is InChI=1S/C23H24ClN5O2/c1-15-4-7-20(14-21(15)24)29-16(2)22(25-26-29)23(31)28-12-10-27(11-13-28)19-8-5-18(6-9-19)17(3)30/h4-9,14H,10-13H2,1-3H3. The average Bonchev–Trinajstić information content (AvgIpc) is 3.16. The summed E-state index contributed by atoms with van der Waals surface area (Å²) in [5.41, 5.74) is 4.55. The first-order valence-corrected chi connectivity index (χ1v) is 10.6. The maximum atomic E-state index is 13.1. The van der Waals surface area contributed by atoms with Crippen LogP contribution in [0.1, 0.15) is 39.0 Å². The summed E-state index contributed by atoms with van der Waals surface area (Å²) in [5.74, 6) is -0.0631. The molecule has 2 heterocycles. The number of carbonyl (C=O) groups excluding carboxylic acids is 2. The highest BCUT2D eigenvalue weighted by atomic mass is 35.5. The van der Waals surface area contributed by atoms with Crippen LogP contribution < -0.4 is 4.90 Å². The van der Waals surface area contributed by atoms with Crippen LogP contribution in [0.25, 0.3) is 5.69 Å². The monoisotopic (exact) mass is 437 g/mol. The van der Waals surface area contributed by atoms with E-state index in [-0.39, 0.29) is 11.7 Å². The van der Waals surface area contributed by atoms with Crippen LogP contribution in [0.4, 0.5) is 5.69 Å². The van der Waals surface area contributed by atoms with Gasteiger partial charge in [0, 0.05) is 42.5 Å². The molecule has 1 aliphatic heterocycles. The smallest absolute Gasteiger partial charge is 0.276 e. The average molecular weight is 438 g/mol. The van der Waals surface area contributed by atoms with Crippen molar-refractivity contribution in [3.8, 4) is 5.69 Å². The van der Waals surface area contributed by atoms with Gasteiger partial charge in [0.25, 0.3) is 5.91 Å². The minimum atomic E-state index is -0.117. The van der Waals surface area contributed by atoms with Gasteiger partial charge in [0.15, 0.2) is 11.5 Å². The number of amides is 1. The largest absolute Gasteiger partial charge is 0.368 e. The zero-order valence-corrected chi connectivity index (χ0v) is 18.6. The van der Waals surface area contributed by atoms with E-state index in [0.717, 1.165) is 16.9 Å². The lowest BCUT2D eigenvalue weighted by molar-refractivity contribution is 0.0739. The van der Waals surface area contributed by atoms with Crippen LogP contribution in [0, 0.1) is 13.8 Å². The van der Waals surface area contributed by atoms with E-state index in [1.807, 2.05) is 61.2 Å². The molecular formula is C23H24ClN5O2. The molecular weight excluding hydrogens is 414 g/mol. The minimum Gasteiger partial charge on any atom is -0.368 e. The van der Waals surface area contributed by atoms with Crippen molar-refractivity contribution in [3.05, 3.63) is 70.0 Å². The third-order valence-electron chi connectivity index (χ3n) is 5.70. The number of nitrogens with zero attached hydrogens (tertiary/aromatic N) is 5. The molecule has 0 N–H and O–H groups in total. The van der Waals surface area contributed by atoms with Crippen molar-refractivity contribution < 1.29 is 9.59 Å². The molecule has 0 saturated carbocycles. The van der Waals surface area contributed by atoms with Crippen LogP contribution in [0.3, 0.4) is 0 Å². The van der Waals surface area contributed by atoms with Crippen molar-refractivity contribution in [2.24, 2.45) is 0 Å². The summed E-state index contributed by atoms with van der Waals surface area (Å²) in [7, 11) is 0. The summed E-state index contributed by atoms with van der Waals surface area (Å²) >= 11 is 6.24. The van der Waals surface area contributed by atoms with Gasteiger partial charge in [-0.05, 0) is 62.7 Å². The van der Waals surface area contributed by atoms with Crippen LogP contribution >= 0.6 is 11.6 Å². The van der Waals surface area contributed by atoms with Crippen LogP contribution in [0.5, 0.6) is 0 Å². The van der Waals surface area contributed by atoms with Gasteiger partial charge in [-0.3, -0.25) is 9.59 Å². The number of ketones is 1. The highest BCUT2D eigenvalue weighted by Gasteiger charge is 2.26. The molecule has 1 saturated heterocycles. The van der Waals surface area contributed by atoms with Crippen molar-refractivity contribution in [1.29, 1.82) is 0 Å². The number of piperazine rings is 1. The van der Waals surface area contributed by atoms with Crippen molar-refractivity contribution >= 4 is 29.0 Å². The molecule has 3 aromatic rings. The molecule has 0 radical (unpaired) electrons. The number of rotatable bonds is 4. The highest BCUT2D eigenvalue weighted by Crippen LogP contribution is 2.22. The fourth-order valence-electron chi connectivity index (χ4n) is 3.71. The third-order valence-corrected chi connectivity index (χ3v) is 6.11. The van der Waals surface area contributed by atoms with E-state index in [1.54, 1.807) is 11.6 Å². The van der Waals surface area contributed by atoms with Crippen molar-refractivity contribution in [1.82, 2.24) is 19.9 Å². The Labute approximate surface area is 186 Å². The summed E-state index contributed by atoms with van der Waals surface area (Å²) in [4.78, 5) is 28.6. The Kier molecular flexibility index (Phi) is 5.78. The topological polar surface area (TPSA) is 71.3 Å². The zero-order valence-electron chi connectivity index (χ0n) is 17.8. The van der Waals surface area contributed by atoms with E-state index in [4.69, 9.17) is 11.6 Å². The number of hydrogen-bond acceptors (Lipinski definition) is 5. The van der Waals surface area contributed by atoms with Gasteiger partial charge in [0.2, 0.25) is 0 Å². The lowest BCUT2D eigenvalue weighted by Crippen LogP contribution is -2.49. The van der Waals surface area contributed by atoms with E-state index in [9.17, 15) is 9.59 Å². The Morgan fingerprint density at radius 1 is 0.935 bits per heavy atom. The van der Waals surface area contributed by atoms with Gasteiger partial charge >= 0.3 is 0 Å². The number of aromatic nitrogens is 3. The van der Waals surface area contributed by atoms with Crippen molar-refractivity contribution in [2.45, 2.75) is 20.8 Å². The zero-order chi connectivity index (χ0) is 22.1. The molecule has 31 heavy (non-hydrogen) atoms. The molecule has 1 amide bonds. The first-order valence-electron chi connectivity index (χ1n) is 10.2. The van der Waals surface area contributed by atoms with Crippen LogP contribution in [0.2, 0.25) is 5.02 Å². The first-order chi connectivity index (χ1) is 14.8. The molecule has 8 heteroatoms.